The number of hydrogen-bond acceptors (Lipinski definition) is 11. The molecule has 0 spiro atoms. The van der Waals surface area contributed by atoms with Crippen molar-refractivity contribution in [2.24, 2.45) is 5.92 Å². The van der Waals surface area contributed by atoms with Crippen molar-refractivity contribution in [1.82, 2.24) is 0 Å². The van der Waals surface area contributed by atoms with Gasteiger partial charge in [-0.25, -0.2) is 9.13 Å². The van der Waals surface area contributed by atoms with Crippen molar-refractivity contribution in [2.45, 2.75) is 187 Å². The highest BCUT2D eigenvalue weighted by molar-refractivity contribution is 7.47. The number of phosphoric ester groups is 2. The highest BCUT2D eigenvalue weighted by atomic mass is 31.2. The molecule has 0 bridgehead atoms. The van der Waals surface area contributed by atoms with Gasteiger partial charge in [0.15, 0.2) is 6.10 Å². The zero-order valence-corrected chi connectivity index (χ0v) is 38.6. The average Bonchev–Trinajstić information content (AvgIpc) is 3.19. The Morgan fingerprint density at radius 3 is 1.80 bits per heavy atom. The fourth-order valence-electron chi connectivity index (χ4n) is 5.78. The molecule has 0 aliphatic carbocycles. The minimum Gasteiger partial charge on any atom is -0.462 e. The number of aliphatic hydroxyl groups is 2. The molecule has 16 heteroatoms. The molecule has 4 atom stereocenters. The maximum atomic E-state index is 12.7. The summed E-state index contributed by atoms with van der Waals surface area (Å²) in [4.78, 5) is 52.7. The molecule has 0 aromatic rings. The number of unbranched alkanes of at least 4 members (excludes halogenated alkanes) is 15. The summed E-state index contributed by atoms with van der Waals surface area (Å²) >= 11 is 0. The predicted octanol–water partition coefficient (Wildman–Crippen LogP) is 10.3. The molecule has 60 heavy (non-hydrogen) atoms. The molecule has 0 fully saturated rings. The van der Waals surface area contributed by atoms with Crippen LogP contribution in [0.2, 0.25) is 0 Å². The van der Waals surface area contributed by atoms with Gasteiger partial charge in [-0.1, -0.05) is 159 Å². The highest BCUT2D eigenvalue weighted by Gasteiger charge is 2.28. The Balaban J connectivity index is 4.64. The van der Waals surface area contributed by atoms with Crippen LogP contribution in [0.15, 0.2) is 48.6 Å². The summed E-state index contributed by atoms with van der Waals surface area (Å²) in [7, 11) is -9.71. The Bertz CT molecular complexity index is 1280. The molecule has 0 saturated carbocycles. The monoisotopic (exact) mass is 895 g/mol. The molecule has 0 rings (SSSR count). The third kappa shape index (κ3) is 42.7. The molecule has 1 unspecified atom stereocenters. The maximum Gasteiger partial charge on any atom is 0.472 e. The van der Waals surface area contributed by atoms with Crippen LogP contribution < -0.4 is 0 Å². The summed E-state index contributed by atoms with van der Waals surface area (Å²) in [6.45, 7) is 3.89. The van der Waals surface area contributed by atoms with E-state index >= 15 is 0 Å². The average molecular weight is 895 g/mol. The minimum absolute atomic E-state index is 0.0852. The lowest BCUT2D eigenvalue weighted by molar-refractivity contribution is -0.161. The van der Waals surface area contributed by atoms with Crippen molar-refractivity contribution in [3.8, 4) is 0 Å². The number of esters is 2. The van der Waals surface area contributed by atoms with Gasteiger partial charge in [0.05, 0.1) is 25.9 Å². The van der Waals surface area contributed by atoms with Gasteiger partial charge in [-0.15, -0.1) is 0 Å². The van der Waals surface area contributed by atoms with Crippen LogP contribution in [0.3, 0.4) is 0 Å². The largest absolute Gasteiger partial charge is 0.472 e. The first kappa shape index (κ1) is 58.0. The Kier molecular flexibility index (Phi) is 37.4. The molecule has 0 aliphatic heterocycles. The molecular weight excluding hydrogens is 814 g/mol. The van der Waals surface area contributed by atoms with E-state index in [9.17, 15) is 33.8 Å². The van der Waals surface area contributed by atoms with Crippen molar-refractivity contribution in [2.75, 3.05) is 26.4 Å². The molecule has 0 heterocycles. The predicted molar refractivity (Wildman–Crippen MR) is 236 cm³/mol. The summed E-state index contributed by atoms with van der Waals surface area (Å²) < 4.78 is 47.7. The number of carbonyl (C=O) groups is 2. The lowest BCUT2D eigenvalue weighted by Crippen LogP contribution is -2.30. The van der Waals surface area contributed by atoms with Crippen LogP contribution in [0.5, 0.6) is 0 Å². The first-order chi connectivity index (χ1) is 28.6. The Morgan fingerprint density at radius 1 is 0.600 bits per heavy atom. The summed E-state index contributed by atoms with van der Waals surface area (Å²) in [5, 5.41) is 19.8. The standard InChI is InChI=1S/C44H80O14P2/c1-4-5-6-7-15-21-26-31-40(45)32-27-22-17-14-19-23-28-33-43(47)54-37-42(38-57-60(52,53)56-36-41(46)35-55-59(49,50)51)58-44(48)34-29-24-18-13-11-9-8-10-12-16-20-25-30-39(2)3/h14-15,19,21-22,26-27,31,39-42,45-46H,4-13,16-18,20,23-25,28-30,32-38H2,1-3H3,(H,52,53)(H2,49,50,51)/b19-14+,21-15-,27-22-,31-26-/t40-,41+,42-/m1/s1. The lowest BCUT2D eigenvalue weighted by atomic mass is 10.0. The van der Waals surface area contributed by atoms with E-state index in [2.05, 4.69) is 35.9 Å². The fourth-order valence-corrected chi connectivity index (χ4v) is 6.94. The van der Waals surface area contributed by atoms with Crippen LogP contribution >= 0.6 is 15.6 Å². The lowest BCUT2D eigenvalue weighted by Gasteiger charge is -2.20. The van der Waals surface area contributed by atoms with E-state index in [-0.39, 0.29) is 12.8 Å². The SMILES string of the molecule is CCCCC/C=C\C=C/[C@@H](O)C/C=C\C/C=C/CCCC(=O)OC[C@H](COP(=O)(O)OC[C@@H](O)COP(=O)(O)O)OC(=O)CCCCCCCCCCCCCCC(C)C. The van der Waals surface area contributed by atoms with E-state index in [1.807, 2.05) is 36.5 Å². The first-order valence-corrected chi connectivity index (χ1v) is 25.3. The Hall–Kier alpha value is -1.96. The number of ether oxygens (including phenoxy) is 2. The highest BCUT2D eigenvalue weighted by Crippen LogP contribution is 2.43. The van der Waals surface area contributed by atoms with Gasteiger partial charge < -0.3 is 34.4 Å². The zero-order valence-electron chi connectivity index (χ0n) is 36.8. The van der Waals surface area contributed by atoms with Gasteiger partial charge >= 0.3 is 27.6 Å². The second-order valence-corrected chi connectivity index (χ2v) is 18.3. The molecule has 0 aliphatic rings. The topological polar surface area (TPSA) is 216 Å². The summed E-state index contributed by atoms with van der Waals surface area (Å²) in [6, 6.07) is 0. The Morgan fingerprint density at radius 2 is 1.17 bits per heavy atom. The van der Waals surface area contributed by atoms with E-state index in [1.165, 1.54) is 70.6 Å². The van der Waals surface area contributed by atoms with Crippen molar-refractivity contribution >= 4 is 27.6 Å². The van der Waals surface area contributed by atoms with Gasteiger partial charge in [-0.2, -0.15) is 0 Å². The smallest absolute Gasteiger partial charge is 0.462 e. The Labute approximate surface area is 361 Å². The van der Waals surface area contributed by atoms with Crippen LogP contribution in [0.1, 0.15) is 168 Å². The number of phosphoric acid groups is 2. The summed E-state index contributed by atoms with van der Waals surface area (Å²) in [5.41, 5.74) is 0. The van der Waals surface area contributed by atoms with E-state index in [4.69, 9.17) is 23.8 Å². The number of hydrogen-bond donors (Lipinski definition) is 5. The second-order valence-electron chi connectivity index (χ2n) is 15.7. The van der Waals surface area contributed by atoms with Gasteiger partial charge in [-0.3, -0.25) is 23.2 Å². The van der Waals surface area contributed by atoms with E-state index in [0.29, 0.717) is 32.1 Å². The van der Waals surface area contributed by atoms with Gasteiger partial charge in [0.2, 0.25) is 0 Å². The van der Waals surface area contributed by atoms with Crippen LogP contribution in [0.4, 0.5) is 0 Å². The first-order valence-electron chi connectivity index (χ1n) is 22.3. The summed E-state index contributed by atoms with van der Waals surface area (Å²) in [6.07, 6.45) is 34.2. The fraction of sp³-hybridized carbons (Fsp3) is 0.773. The third-order valence-electron chi connectivity index (χ3n) is 9.22. The molecule has 0 aromatic carbocycles. The summed E-state index contributed by atoms with van der Waals surface area (Å²) in [5.74, 6) is -0.353. The number of aliphatic hydroxyl groups excluding tert-OH is 2. The van der Waals surface area contributed by atoms with Gasteiger partial charge in [0.1, 0.15) is 12.7 Å². The van der Waals surface area contributed by atoms with Crippen molar-refractivity contribution in [1.29, 1.82) is 0 Å². The van der Waals surface area contributed by atoms with Crippen LogP contribution in [-0.2, 0) is 41.8 Å². The molecule has 0 saturated heterocycles. The number of rotatable bonds is 41. The maximum absolute atomic E-state index is 12.7. The van der Waals surface area contributed by atoms with Crippen molar-refractivity contribution in [3.05, 3.63) is 48.6 Å². The third-order valence-corrected chi connectivity index (χ3v) is 10.7. The van der Waals surface area contributed by atoms with Crippen molar-refractivity contribution < 1.29 is 66.7 Å². The van der Waals surface area contributed by atoms with Gasteiger partial charge in [0, 0.05) is 12.8 Å². The molecule has 350 valence electrons. The molecule has 0 aromatic heterocycles. The van der Waals surface area contributed by atoms with Crippen LogP contribution in [0.25, 0.3) is 0 Å². The van der Waals surface area contributed by atoms with Gasteiger partial charge in [0.25, 0.3) is 0 Å². The molecule has 14 nitrogen and oxygen atoms in total. The quantitative estimate of drug-likeness (QED) is 0.0127. The molecule has 5 N–H and O–H groups in total. The van der Waals surface area contributed by atoms with E-state index in [1.54, 1.807) is 6.08 Å². The van der Waals surface area contributed by atoms with Crippen LogP contribution in [0, 0.1) is 5.92 Å². The number of carbonyl (C=O) groups excluding carboxylic acids is 2. The zero-order chi connectivity index (χ0) is 44.7. The van der Waals surface area contributed by atoms with Crippen LogP contribution in [-0.4, -0.2) is 81.6 Å². The van der Waals surface area contributed by atoms with E-state index < -0.39 is 72.3 Å². The molecular formula is C44H80O14P2. The normalized spacial score (nSPS) is 15.1. The van der Waals surface area contributed by atoms with E-state index in [0.717, 1.165) is 38.0 Å². The minimum atomic E-state index is -4.88. The van der Waals surface area contributed by atoms with Crippen molar-refractivity contribution in [3.63, 3.8) is 0 Å². The molecule has 0 radical (unpaired) electrons. The molecule has 0 amide bonds. The van der Waals surface area contributed by atoms with Gasteiger partial charge in [-0.05, 0) is 50.9 Å². The number of allylic oxidation sites excluding steroid dienone is 6. The second kappa shape index (κ2) is 38.7.